The number of halogens is 1. The average molecular weight is 245 g/mol. The fourth-order valence-corrected chi connectivity index (χ4v) is 2.31. The van der Waals surface area contributed by atoms with Crippen molar-refractivity contribution in [2.45, 2.75) is 6.42 Å². The molecule has 0 unspecified atom stereocenters. The molecule has 3 rings (SSSR count). The molecule has 0 amide bonds. The highest BCUT2D eigenvalue weighted by atomic mass is 35.5. The number of hydrogen-bond donors (Lipinski definition) is 0. The molecule has 0 N–H and O–H groups in total. The molecule has 0 aromatic rings. The summed E-state index contributed by atoms with van der Waals surface area (Å²) in [7, 11) is 0. The highest BCUT2D eigenvalue weighted by Crippen LogP contribution is 2.38. The maximum Gasteiger partial charge on any atom is 0.355 e. The van der Waals surface area contributed by atoms with Gasteiger partial charge in [0.15, 0.2) is 0 Å². The van der Waals surface area contributed by atoms with E-state index in [4.69, 9.17) is 16.3 Å². The third-order valence-corrected chi connectivity index (χ3v) is 3.18. The number of rotatable bonds is 0. The third-order valence-electron chi connectivity index (χ3n) is 2.84. The number of fused-ring (bicyclic) bond motifs is 4. The van der Waals surface area contributed by atoms with Crippen LogP contribution in [0.25, 0.3) is 0 Å². The first kappa shape index (κ1) is 10.4. The van der Waals surface area contributed by atoms with Crippen molar-refractivity contribution in [2.24, 2.45) is 0 Å². The Morgan fingerprint density at radius 2 is 1.94 bits per heavy atom. The molecule has 0 atom stereocenters. The lowest BCUT2D eigenvalue weighted by atomic mass is 9.95. The van der Waals surface area contributed by atoms with E-state index in [-0.39, 0.29) is 5.03 Å². The van der Waals surface area contributed by atoms with Crippen LogP contribution in [0, 0.1) is 0 Å². The van der Waals surface area contributed by atoms with Crippen LogP contribution in [0.1, 0.15) is 6.42 Å². The topological polar surface area (TPSA) is 26.3 Å². The van der Waals surface area contributed by atoms with Crippen LogP contribution < -0.4 is 0 Å². The summed E-state index contributed by atoms with van der Waals surface area (Å²) in [4.78, 5) is 11.5. The van der Waals surface area contributed by atoms with E-state index >= 15 is 0 Å². The maximum atomic E-state index is 11.5. The van der Waals surface area contributed by atoms with Crippen molar-refractivity contribution in [3.63, 3.8) is 0 Å². The first-order chi connectivity index (χ1) is 8.25. The van der Waals surface area contributed by atoms with E-state index < -0.39 is 5.97 Å². The molecule has 1 heterocycles. The zero-order chi connectivity index (χ0) is 11.8. The number of allylic oxidation sites excluding steroid dienone is 9. The van der Waals surface area contributed by atoms with Gasteiger partial charge in [0, 0.05) is 5.57 Å². The van der Waals surface area contributed by atoms with E-state index in [1.807, 2.05) is 36.5 Å². The predicted molar refractivity (Wildman–Crippen MR) is 66.1 cm³/mol. The SMILES string of the molecule is O=C1OC2=CC=CC3=CC=CC=C(C3)C2=C1Cl. The van der Waals surface area contributed by atoms with Crippen LogP contribution >= 0.6 is 11.6 Å². The summed E-state index contributed by atoms with van der Waals surface area (Å²) < 4.78 is 5.13. The molecule has 17 heavy (non-hydrogen) atoms. The molecule has 2 aliphatic carbocycles. The fourth-order valence-electron chi connectivity index (χ4n) is 2.06. The summed E-state index contributed by atoms with van der Waals surface area (Å²) in [5.74, 6) is 0.0692. The van der Waals surface area contributed by atoms with Gasteiger partial charge in [-0.15, -0.1) is 0 Å². The van der Waals surface area contributed by atoms with Crippen LogP contribution in [-0.2, 0) is 9.53 Å². The Morgan fingerprint density at radius 3 is 2.82 bits per heavy atom. The second-order valence-electron chi connectivity index (χ2n) is 3.96. The molecular formula is C14H9ClO2. The molecule has 0 fully saturated rings. The summed E-state index contributed by atoms with van der Waals surface area (Å²) in [5.41, 5.74) is 2.91. The van der Waals surface area contributed by atoms with E-state index in [0.29, 0.717) is 5.76 Å². The minimum Gasteiger partial charge on any atom is -0.422 e. The van der Waals surface area contributed by atoms with E-state index in [1.54, 1.807) is 6.08 Å². The van der Waals surface area contributed by atoms with Crippen molar-refractivity contribution in [2.75, 3.05) is 0 Å². The molecule has 2 nitrogen and oxygen atoms in total. The Balaban J connectivity index is 2.23. The van der Waals surface area contributed by atoms with Crippen LogP contribution in [0.4, 0.5) is 0 Å². The molecule has 0 aromatic carbocycles. The largest absolute Gasteiger partial charge is 0.422 e. The lowest BCUT2D eigenvalue weighted by Gasteiger charge is -2.11. The Bertz CT molecular complexity index is 583. The summed E-state index contributed by atoms with van der Waals surface area (Å²) in [5, 5.41) is 0.174. The van der Waals surface area contributed by atoms with Crippen molar-refractivity contribution >= 4 is 17.6 Å². The van der Waals surface area contributed by atoms with Crippen LogP contribution in [-0.4, -0.2) is 5.97 Å². The standard InChI is InChI=1S/C14H9ClO2/c15-13-12-10-6-2-1-4-9(8-10)5-3-7-11(12)17-14(13)16/h1-7H,8H2. The smallest absolute Gasteiger partial charge is 0.355 e. The van der Waals surface area contributed by atoms with Crippen LogP contribution in [0.3, 0.4) is 0 Å². The zero-order valence-corrected chi connectivity index (χ0v) is 9.70. The Kier molecular flexibility index (Phi) is 2.37. The molecule has 0 aromatic heterocycles. The second-order valence-corrected chi connectivity index (χ2v) is 4.34. The van der Waals surface area contributed by atoms with Crippen LogP contribution in [0.2, 0.25) is 0 Å². The van der Waals surface area contributed by atoms with E-state index in [9.17, 15) is 4.79 Å². The Labute approximate surface area is 104 Å². The molecule has 3 heteroatoms. The molecule has 0 radical (unpaired) electrons. The molecule has 0 spiro atoms. The predicted octanol–water partition coefficient (Wildman–Crippen LogP) is 3.30. The molecular weight excluding hydrogens is 236 g/mol. The first-order valence-corrected chi connectivity index (χ1v) is 5.71. The average Bonchev–Trinajstić information content (AvgIpc) is 2.52. The van der Waals surface area contributed by atoms with E-state index in [1.165, 1.54) is 5.57 Å². The van der Waals surface area contributed by atoms with Gasteiger partial charge < -0.3 is 4.74 Å². The van der Waals surface area contributed by atoms with Gasteiger partial charge in [-0.25, -0.2) is 4.79 Å². The monoisotopic (exact) mass is 244 g/mol. The molecule has 0 saturated heterocycles. The summed E-state index contributed by atoms with van der Waals surface area (Å²) in [6.07, 6.45) is 14.3. The van der Waals surface area contributed by atoms with Gasteiger partial charge in [-0.1, -0.05) is 48.1 Å². The number of esters is 1. The number of carbonyl (C=O) groups is 1. The van der Waals surface area contributed by atoms with Crippen molar-refractivity contribution in [1.82, 2.24) is 0 Å². The van der Waals surface area contributed by atoms with Gasteiger partial charge in [0.2, 0.25) is 0 Å². The number of carbonyl (C=O) groups excluding carboxylic acids is 1. The second kappa shape index (κ2) is 3.90. The van der Waals surface area contributed by atoms with E-state index in [0.717, 1.165) is 17.6 Å². The van der Waals surface area contributed by atoms with Gasteiger partial charge in [-0.3, -0.25) is 0 Å². The van der Waals surface area contributed by atoms with Gasteiger partial charge in [0.05, 0.1) is 0 Å². The first-order valence-electron chi connectivity index (χ1n) is 5.33. The lowest BCUT2D eigenvalue weighted by molar-refractivity contribution is -0.132. The summed E-state index contributed by atoms with van der Waals surface area (Å²) in [6.45, 7) is 0. The zero-order valence-electron chi connectivity index (χ0n) is 8.94. The fraction of sp³-hybridized carbons (Fsp3) is 0.0714. The number of ether oxygens (including phenoxy) is 1. The molecule has 84 valence electrons. The minimum absolute atomic E-state index is 0.174. The molecule has 3 aliphatic rings. The summed E-state index contributed by atoms with van der Waals surface area (Å²) >= 11 is 6.02. The molecule has 0 saturated carbocycles. The molecule has 1 aliphatic heterocycles. The quantitative estimate of drug-likeness (QED) is 0.611. The normalized spacial score (nSPS) is 21.9. The van der Waals surface area contributed by atoms with Crippen molar-refractivity contribution in [3.05, 3.63) is 70.0 Å². The van der Waals surface area contributed by atoms with Crippen LogP contribution in [0.5, 0.6) is 0 Å². The van der Waals surface area contributed by atoms with Crippen molar-refractivity contribution < 1.29 is 9.53 Å². The summed E-state index contributed by atoms with van der Waals surface area (Å²) in [6, 6.07) is 0. The third kappa shape index (κ3) is 1.71. The number of hydrogen-bond acceptors (Lipinski definition) is 2. The highest BCUT2D eigenvalue weighted by molar-refractivity contribution is 6.43. The van der Waals surface area contributed by atoms with E-state index in [2.05, 4.69) is 0 Å². The van der Waals surface area contributed by atoms with Crippen molar-refractivity contribution in [3.8, 4) is 0 Å². The van der Waals surface area contributed by atoms with Gasteiger partial charge in [0.25, 0.3) is 0 Å². The Hall–Kier alpha value is -1.80. The van der Waals surface area contributed by atoms with Crippen LogP contribution in [0.15, 0.2) is 70.0 Å². The van der Waals surface area contributed by atoms with Gasteiger partial charge in [-0.05, 0) is 23.6 Å². The Morgan fingerprint density at radius 1 is 1.12 bits per heavy atom. The maximum absolute atomic E-state index is 11.5. The molecule has 2 bridgehead atoms. The van der Waals surface area contributed by atoms with Crippen molar-refractivity contribution in [1.29, 1.82) is 0 Å². The van der Waals surface area contributed by atoms with Gasteiger partial charge >= 0.3 is 5.97 Å². The van der Waals surface area contributed by atoms with Gasteiger partial charge in [0.1, 0.15) is 10.8 Å². The lowest BCUT2D eigenvalue weighted by Crippen LogP contribution is -1.96. The minimum atomic E-state index is -0.470. The highest BCUT2D eigenvalue weighted by Gasteiger charge is 2.31. The van der Waals surface area contributed by atoms with Gasteiger partial charge in [-0.2, -0.15) is 0 Å².